The second-order valence-corrected chi connectivity index (χ2v) is 5.22. The summed E-state index contributed by atoms with van der Waals surface area (Å²) >= 11 is 0. The zero-order valence-electron chi connectivity index (χ0n) is 12.9. The molecule has 0 aliphatic rings. The molecule has 2 aromatic rings. The van der Waals surface area contributed by atoms with Gasteiger partial charge in [0, 0.05) is 24.4 Å². The Kier molecular flexibility index (Phi) is 4.88. The van der Waals surface area contributed by atoms with Crippen LogP contribution in [0, 0.1) is 13.8 Å². The summed E-state index contributed by atoms with van der Waals surface area (Å²) in [6, 6.07) is 9.19. The third kappa shape index (κ3) is 4.15. The van der Waals surface area contributed by atoms with Crippen molar-refractivity contribution in [3.8, 4) is 0 Å². The van der Waals surface area contributed by atoms with E-state index in [9.17, 15) is 9.59 Å². The lowest BCUT2D eigenvalue weighted by Gasteiger charge is -2.10. The molecule has 0 spiro atoms. The number of aromatic nitrogens is 1. The van der Waals surface area contributed by atoms with E-state index >= 15 is 0 Å². The van der Waals surface area contributed by atoms with Gasteiger partial charge in [0.1, 0.15) is 0 Å². The summed E-state index contributed by atoms with van der Waals surface area (Å²) in [7, 11) is 0. The zero-order chi connectivity index (χ0) is 16.1. The third-order valence-corrected chi connectivity index (χ3v) is 3.23. The molecule has 2 amide bonds. The molecule has 2 N–H and O–H groups in total. The molecular formula is C17H19N3O2. The SMILES string of the molecule is CC(=O)NCc1cc(C(=O)Nc2ccc(C)cc2C)ccn1. The average Bonchev–Trinajstić information content (AvgIpc) is 2.48. The van der Waals surface area contributed by atoms with Crippen LogP contribution >= 0.6 is 0 Å². The molecule has 0 atom stereocenters. The van der Waals surface area contributed by atoms with Gasteiger partial charge in [0.15, 0.2) is 0 Å². The van der Waals surface area contributed by atoms with Gasteiger partial charge in [-0.05, 0) is 37.6 Å². The van der Waals surface area contributed by atoms with E-state index in [1.54, 1.807) is 18.3 Å². The first-order valence-electron chi connectivity index (χ1n) is 7.03. The van der Waals surface area contributed by atoms with Crippen LogP contribution in [0.4, 0.5) is 5.69 Å². The number of nitrogens with zero attached hydrogens (tertiary/aromatic N) is 1. The maximum Gasteiger partial charge on any atom is 0.255 e. The van der Waals surface area contributed by atoms with Crippen molar-refractivity contribution in [2.24, 2.45) is 0 Å². The van der Waals surface area contributed by atoms with Crippen LogP contribution in [0.2, 0.25) is 0 Å². The fraction of sp³-hybridized carbons (Fsp3) is 0.235. The maximum atomic E-state index is 12.3. The van der Waals surface area contributed by atoms with Gasteiger partial charge in [-0.2, -0.15) is 0 Å². The largest absolute Gasteiger partial charge is 0.351 e. The normalized spacial score (nSPS) is 10.1. The third-order valence-electron chi connectivity index (χ3n) is 3.23. The smallest absolute Gasteiger partial charge is 0.255 e. The summed E-state index contributed by atoms with van der Waals surface area (Å²) in [5.74, 6) is -0.328. The predicted octanol–water partition coefficient (Wildman–Crippen LogP) is 2.59. The van der Waals surface area contributed by atoms with Crippen molar-refractivity contribution in [2.75, 3.05) is 5.32 Å². The molecule has 1 aromatic carbocycles. The quantitative estimate of drug-likeness (QED) is 0.911. The summed E-state index contributed by atoms with van der Waals surface area (Å²) < 4.78 is 0. The van der Waals surface area contributed by atoms with Gasteiger partial charge in [-0.1, -0.05) is 17.7 Å². The molecule has 0 fully saturated rings. The Labute approximate surface area is 129 Å². The Morgan fingerprint density at radius 2 is 1.91 bits per heavy atom. The summed E-state index contributed by atoms with van der Waals surface area (Å²) in [5, 5.41) is 5.55. The minimum absolute atomic E-state index is 0.132. The van der Waals surface area contributed by atoms with Gasteiger partial charge in [-0.3, -0.25) is 14.6 Å². The van der Waals surface area contributed by atoms with E-state index in [1.807, 2.05) is 32.0 Å². The van der Waals surface area contributed by atoms with Crippen LogP contribution in [0.25, 0.3) is 0 Å². The van der Waals surface area contributed by atoms with Gasteiger partial charge >= 0.3 is 0 Å². The molecule has 0 saturated carbocycles. The number of rotatable bonds is 4. The Hall–Kier alpha value is -2.69. The fourth-order valence-corrected chi connectivity index (χ4v) is 2.08. The molecular weight excluding hydrogens is 278 g/mol. The van der Waals surface area contributed by atoms with Crippen molar-refractivity contribution in [2.45, 2.75) is 27.3 Å². The van der Waals surface area contributed by atoms with Gasteiger partial charge in [0.2, 0.25) is 5.91 Å². The molecule has 0 aliphatic carbocycles. The Bertz CT molecular complexity index is 711. The van der Waals surface area contributed by atoms with Crippen molar-refractivity contribution in [3.63, 3.8) is 0 Å². The molecule has 5 nitrogen and oxygen atoms in total. The Balaban J connectivity index is 2.12. The van der Waals surface area contributed by atoms with Crippen LogP contribution in [-0.2, 0) is 11.3 Å². The average molecular weight is 297 g/mol. The van der Waals surface area contributed by atoms with Crippen LogP contribution in [0.5, 0.6) is 0 Å². The molecule has 0 radical (unpaired) electrons. The number of anilines is 1. The molecule has 5 heteroatoms. The van der Waals surface area contributed by atoms with Crippen molar-refractivity contribution in [3.05, 3.63) is 58.9 Å². The first-order chi connectivity index (χ1) is 10.5. The lowest BCUT2D eigenvalue weighted by Crippen LogP contribution is -2.20. The minimum Gasteiger partial charge on any atom is -0.351 e. The lowest BCUT2D eigenvalue weighted by molar-refractivity contribution is -0.119. The maximum absolute atomic E-state index is 12.3. The Morgan fingerprint density at radius 3 is 2.59 bits per heavy atom. The number of carbonyl (C=O) groups is 2. The predicted molar refractivity (Wildman–Crippen MR) is 85.6 cm³/mol. The second kappa shape index (κ2) is 6.85. The van der Waals surface area contributed by atoms with Gasteiger partial charge in [0.25, 0.3) is 5.91 Å². The van der Waals surface area contributed by atoms with Crippen LogP contribution in [0.3, 0.4) is 0 Å². The van der Waals surface area contributed by atoms with Crippen LogP contribution in [0.15, 0.2) is 36.5 Å². The van der Waals surface area contributed by atoms with Gasteiger partial charge in [0.05, 0.1) is 12.2 Å². The standard InChI is InChI=1S/C17H19N3O2/c1-11-4-5-16(12(2)8-11)20-17(22)14-6-7-18-15(9-14)10-19-13(3)21/h4-9H,10H2,1-3H3,(H,19,21)(H,20,22). The number of amides is 2. The lowest BCUT2D eigenvalue weighted by atomic mass is 10.1. The number of hydrogen-bond acceptors (Lipinski definition) is 3. The van der Waals surface area contributed by atoms with E-state index in [0.717, 1.165) is 16.8 Å². The van der Waals surface area contributed by atoms with E-state index in [1.165, 1.54) is 6.92 Å². The number of hydrogen-bond donors (Lipinski definition) is 2. The number of carbonyl (C=O) groups excluding carboxylic acids is 2. The van der Waals surface area contributed by atoms with Crippen molar-refractivity contribution in [1.29, 1.82) is 0 Å². The van der Waals surface area contributed by atoms with E-state index in [2.05, 4.69) is 15.6 Å². The minimum atomic E-state index is -0.196. The molecule has 0 saturated heterocycles. The summed E-state index contributed by atoms with van der Waals surface area (Å²) in [6.45, 7) is 5.71. The molecule has 0 bridgehead atoms. The van der Waals surface area contributed by atoms with Gasteiger partial charge in [-0.15, -0.1) is 0 Å². The Morgan fingerprint density at radius 1 is 1.14 bits per heavy atom. The number of nitrogens with one attached hydrogen (secondary N) is 2. The molecule has 1 heterocycles. The molecule has 1 aromatic heterocycles. The number of pyridine rings is 1. The van der Waals surface area contributed by atoms with Gasteiger partial charge in [-0.25, -0.2) is 0 Å². The summed E-state index contributed by atoms with van der Waals surface area (Å²) in [6.07, 6.45) is 1.56. The number of aryl methyl sites for hydroxylation is 2. The van der Waals surface area contributed by atoms with E-state index < -0.39 is 0 Å². The highest BCUT2D eigenvalue weighted by Gasteiger charge is 2.09. The van der Waals surface area contributed by atoms with Crippen molar-refractivity contribution < 1.29 is 9.59 Å². The topological polar surface area (TPSA) is 71.1 Å². The van der Waals surface area contributed by atoms with Gasteiger partial charge < -0.3 is 10.6 Å². The monoisotopic (exact) mass is 297 g/mol. The fourth-order valence-electron chi connectivity index (χ4n) is 2.08. The molecule has 2 rings (SSSR count). The summed E-state index contributed by atoms with van der Waals surface area (Å²) in [4.78, 5) is 27.4. The molecule has 114 valence electrons. The highest BCUT2D eigenvalue weighted by molar-refractivity contribution is 6.04. The molecule has 0 aliphatic heterocycles. The van der Waals surface area contributed by atoms with Crippen LogP contribution in [0.1, 0.15) is 34.1 Å². The van der Waals surface area contributed by atoms with E-state index in [0.29, 0.717) is 17.8 Å². The zero-order valence-corrected chi connectivity index (χ0v) is 12.9. The number of benzene rings is 1. The van der Waals surface area contributed by atoms with Crippen molar-refractivity contribution >= 4 is 17.5 Å². The highest BCUT2D eigenvalue weighted by atomic mass is 16.2. The van der Waals surface area contributed by atoms with E-state index in [4.69, 9.17) is 0 Å². The molecule has 22 heavy (non-hydrogen) atoms. The van der Waals surface area contributed by atoms with Crippen LogP contribution in [-0.4, -0.2) is 16.8 Å². The van der Waals surface area contributed by atoms with E-state index in [-0.39, 0.29) is 11.8 Å². The summed E-state index contributed by atoms with van der Waals surface area (Å²) in [5.41, 5.74) is 4.10. The van der Waals surface area contributed by atoms with Crippen LogP contribution < -0.4 is 10.6 Å². The highest BCUT2D eigenvalue weighted by Crippen LogP contribution is 2.17. The molecule has 0 unspecified atom stereocenters. The first-order valence-corrected chi connectivity index (χ1v) is 7.03. The second-order valence-electron chi connectivity index (χ2n) is 5.22. The first kappa shape index (κ1) is 15.7. The van der Waals surface area contributed by atoms with Crippen molar-refractivity contribution in [1.82, 2.24) is 10.3 Å².